The second-order valence-electron chi connectivity index (χ2n) is 4.88. The summed E-state index contributed by atoms with van der Waals surface area (Å²) in [6, 6.07) is 0. The Hall–Kier alpha value is -1.40. The molecule has 6 nitrogen and oxygen atoms in total. The maximum atomic E-state index is 12.1. The van der Waals surface area contributed by atoms with Gasteiger partial charge in [0.05, 0.1) is 18.9 Å². The largest absolute Gasteiger partial charge is 0.382 e. The Balaban J connectivity index is 2.34. The second kappa shape index (κ2) is 8.71. The van der Waals surface area contributed by atoms with Crippen molar-refractivity contribution in [1.29, 1.82) is 0 Å². The molecule has 0 aliphatic carbocycles. The zero-order valence-electron chi connectivity index (χ0n) is 12.7. The fourth-order valence-electron chi connectivity index (χ4n) is 1.77. The van der Waals surface area contributed by atoms with E-state index >= 15 is 0 Å². The highest BCUT2D eigenvalue weighted by Gasteiger charge is 2.21. The van der Waals surface area contributed by atoms with E-state index in [0.29, 0.717) is 43.4 Å². The molecule has 0 saturated carbocycles. The van der Waals surface area contributed by atoms with Crippen molar-refractivity contribution in [2.45, 2.75) is 33.1 Å². The summed E-state index contributed by atoms with van der Waals surface area (Å²) >= 11 is 0. The average molecular weight is 284 g/mol. The van der Waals surface area contributed by atoms with Crippen LogP contribution >= 0.6 is 0 Å². The van der Waals surface area contributed by atoms with Gasteiger partial charge in [0, 0.05) is 26.2 Å². The molecular weight excluding hydrogens is 260 g/mol. The number of rotatable bonds is 9. The molecule has 0 spiro atoms. The van der Waals surface area contributed by atoms with Gasteiger partial charge in [-0.3, -0.25) is 4.79 Å². The molecule has 1 amide bonds. The summed E-state index contributed by atoms with van der Waals surface area (Å²) in [4.78, 5) is 12.1. The second-order valence-corrected chi connectivity index (χ2v) is 4.88. The van der Waals surface area contributed by atoms with Crippen LogP contribution in [-0.4, -0.2) is 44.5 Å². The van der Waals surface area contributed by atoms with E-state index in [1.54, 1.807) is 14.0 Å². The molecule has 6 heteroatoms. The molecule has 0 unspecified atom stereocenters. The van der Waals surface area contributed by atoms with Gasteiger partial charge in [-0.2, -0.15) is 0 Å². The number of carbonyl (C=O) groups excluding carboxylic acids is 1. The molecule has 1 heterocycles. The van der Waals surface area contributed by atoms with Crippen LogP contribution in [0.15, 0.2) is 4.52 Å². The van der Waals surface area contributed by atoms with E-state index in [4.69, 9.17) is 14.0 Å². The van der Waals surface area contributed by atoms with Crippen LogP contribution in [0, 0.1) is 6.92 Å². The van der Waals surface area contributed by atoms with Crippen LogP contribution in [0.25, 0.3) is 0 Å². The molecular formula is C14H24N2O4. The third kappa shape index (κ3) is 4.94. The zero-order chi connectivity index (χ0) is 15.0. The van der Waals surface area contributed by atoms with Crippen LogP contribution in [0.1, 0.15) is 48.0 Å². The lowest BCUT2D eigenvalue weighted by atomic mass is 10.0. The smallest absolute Gasteiger partial charge is 0.256 e. The van der Waals surface area contributed by atoms with Crippen molar-refractivity contribution in [3.05, 3.63) is 17.0 Å². The van der Waals surface area contributed by atoms with Crippen molar-refractivity contribution >= 4 is 5.91 Å². The molecule has 0 aromatic carbocycles. The fraction of sp³-hybridized carbons (Fsp3) is 0.714. The molecule has 1 rings (SSSR count). The lowest BCUT2D eigenvalue weighted by molar-refractivity contribution is 0.0688. The lowest BCUT2D eigenvalue weighted by Gasteiger charge is -2.07. The van der Waals surface area contributed by atoms with Crippen LogP contribution in [0.5, 0.6) is 0 Å². The number of methoxy groups -OCH3 is 1. The van der Waals surface area contributed by atoms with E-state index in [0.717, 1.165) is 6.42 Å². The quantitative estimate of drug-likeness (QED) is 0.701. The maximum Gasteiger partial charge on any atom is 0.256 e. The first-order valence-electron chi connectivity index (χ1n) is 6.89. The van der Waals surface area contributed by atoms with Gasteiger partial charge < -0.3 is 19.3 Å². The third-order valence-corrected chi connectivity index (χ3v) is 2.82. The molecule has 114 valence electrons. The number of nitrogens with zero attached hydrogens (tertiary/aromatic N) is 1. The van der Waals surface area contributed by atoms with Gasteiger partial charge in [0.1, 0.15) is 5.56 Å². The number of aromatic nitrogens is 1. The Bertz CT molecular complexity index is 415. The van der Waals surface area contributed by atoms with Crippen molar-refractivity contribution in [2.75, 3.05) is 33.5 Å². The highest BCUT2D eigenvalue weighted by atomic mass is 16.5. The number of ether oxygens (including phenoxy) is 2. The Morgan fingerprint density at radius 3 is 2.75 bits per heavy atom. The first-order valence-corrected chi connectivity index (χ1v) is 6.89. The topological polar surface area (TPSA) is 73.6 Å². The van der Waals surface area contributed by atoms with E-state index < -0.39 is 0 Å². The number of carbonyl (C=O) groups is 1. The Morgan fingerprint density at radius 1 is 1.35 bits per heavy atom. The summed E-state index contributed by atoms with van der Waals surface area (Å²) in [5.74, 6) is 0.634. The predicted octanol–water partition coefficient (Wildman–Crippen LogP) is 1.89. The van der Waals surface area contributed by atoms with Gasteiger partial charge in [0.25, 0.3) is 5.91 Å². The van der Waals surface area contributed by atoms with E-state index in [1.165, 1.54) is 0 Å². The predicted molar refractivity (Wildman–Crippen MR) is 75.0 cm³/mol. The maximum absolute atomic E-state index is 12.1. The average Bonchev–Trinajstić information content (AvgIpc) is 2.79. The normalized spacial score (nSPS) is 11.1. The molecule has 0 radical (unpaired) electrons. The number of amides is 1. The Labute approximate surface area is 119 Å². The minimum Gasteiger partial charge on any atom is -0.382 e. The van der Waals surface area contributed by atoms with Crippen molar-refractivity contribution in [2.24, 2.45) is 0 Å². The highest BCUT2D eigenvalue weighted by Crippen LogP contribution is 2.21. The summed E-state index contributed by atoms with van der Waals surface area (Å²) in [5.41, 5.74) is 1.18. The summed E-state index contributed by atoms with van der Waals surface area (Å²) in [5, 5.41) is 6.72. The molecule has 0 saturated heterocycles. The van der Waals surface area contributed by atoms with Crippen LogP contribution in [0.3, 0.4) is 0 Å². The van der Waals surface area contributed by atoms with E-state index in [1.807, 2.05) is 13.8 Å². The fourth-order valence-corrected chi connectivity index (χ4v) is 1.77. The minimum absolute atomic E-state index is 0.134. The van der Waals surface area contributed by atoms with E-state index in [-0.39, 0.29) is 11.8 Å². The van der Waals surface area contributed by atoms with Crippen LogP contribution < -0.4 is 5.32 Å². The molecule has 0 atom stereocenters. The number of hydrogen-bond donors (Lipinski definition) is 1. The van der Waals surface area contributed by atoms with Gasteiger partial charge >= 0.3 is 0 Å². The molecule has 0 fully saturated rings. The Kier molecular flexibility index (Phi) is 7.25. The zero-order valence-corrected chi connectivity index (χ0v) is 12.7. The molecule has 0 aliphatic rings. The van der Waals surface area contributed by atoms with Crippen molar-refractivity contribution in [1.82, 2.24) is 10.5 Å². The Morgan fingerprint density at radius 2 is 2.10 bits per heavy atom. The number of aryl methyl sites for hydroxylation is 1. The summed E-state index contributed by atoms with van der Waals surface area (Å²) in [6.45, 7) is 8.05. The van der Waals surface area contributed by atoms with E-state index in [2.05, 4.69) is 10.5 Å². The first-order chi connectivity index (χ1) is 9.57. The van der Waals surface area contributed by atoms with Gasteiger partial charge in [-0.1, -0.05) is 19.0 Å². The first kappa shape index (κ1) is 16.7. The van der Waals surface area contributed by atoms with Gasteiger partial charge in [-0.15, -0.1) is 0 Å². The van der Waals surface area contributed by atoms with Crippen LogP contribution in [0.2, 0.25) is 0 Å². The molecule has 20 heavy (non-hydrogen) atoms. The molecule has 1 N–H and O–H groups in total. The third-order valence-electron chi connectivity index (χ3n) is 2.82. The van der Waals surface area contributed by atoms with Crippen molar-refractivity contribution < 1.29 is 18.8 Å². The van der Waals surface area contributed by atoms with Crippen molar-refractivity contribution in [3.8, 4) is 0 Å². The molecule has 1 aromatic rings. The van der Waals surface area contributed by atoms with Gasteiger partial charge in [-0.05, 0) is 13.3 Å². The summed E-state index contributed by atoms with van der Waals surface area (Å²) < 4.78 is 15.4. The lowest BCUT2D eigenvalue weighted by Crippen LogP contribution is -2.26. The van der Waals surface area contributed by atoms with Gasteiger partial charge in [0.15, 0.2) is 5.76 Å². The van der Waals surface area contributed by atoms with Gasteiger partial charge in [0.2, 0.25) is 0 Å². The van der Waals surface area contributed by atoms with Crippen LogP contribution in [0.4, 0.5) is 0 Å². The number of nitrogens with one attached hydrogen (secondary N) is 1. The van der Waals surface area contributed by atoms with E-state index in [9.17, 15) is 4.79 Å². The minimum atomic E-state index is -0.135. The SMILES string of the molecule is COCCOCCCNC(=O)c1c(C)noc1C(C)C. The van der Waals surface area contributed by atoms with Gasteiger partial charge in [-0.25, -0.2) is 0 Å². The monoisotopic (exact) mass is 284 g/mol. The highest BCUT2D eigenvalue weighted by molar-refractivity contribution is 5.96. The molecule has 0 aliphatic heterocycles. The van der Waals surface area contributed by atoms with Crippen molar-refractivity contribution in [3.63, 3.8) is 0 Å². The summed E-state index contributed by atoms with van der Waals surface area (Å²) in [7, 11) is 1.64. The number of hydrogen-bond acceptors (Lipinski definition) is 5. The molecule has 1 aromatic heterocycles. The van der Waals surface area contributed by atoms with Crippen LogP contribution in [-0.2, 0) is 9.47 Å². The molecule has 0 bridgehead atoms. The standard InChI is InChI=1S/C14H24N2O4/c1-10(2)13-12(11(3)16-20-13)14(17)15-6-5-7-19-9-8-18-4/h10H,5-9H2,1-4H3,(H,15,17). The summed E-state index contributed by atoms with van der Waals surface area (Å²) in [6.07, 6.45) is 0.761.